The molecule has 0 spiro atoms. The number of carbonyl (C=O) groups is 1. The summed E-state index contributed by atoms with van der Waals surface area (Å²) in [4.78, 5) is 15.1. The molecule has 5 nitrogen and oxygen atoms in total. The molecule has 1 fully saturated rings. The number of likely N-dealkylation sites (tertiary alicyclic amines) is 1. The summed E-state index contributed by atoms with van der Waals surface area (Å²) in [7, 11) is -3.30. The van der Waals surface area contributed by atoms with Gasteiger partial charge in [-0.25, -0.2) is 8.42 Å². The maximum Gasteiger partial charge on any atom is 0.263 e. The molecule has 1 aliphatic rings. The van der Waals surface area contributed by atoms with Gasteiger partial charge in [0.25, 0.3) is 5.91 Å². The molecule has 23 heavy (non-hydrogen) atoms. The van der Waals surface area contributed by atoms with Gasteiger partial charge in [0.2, 0.25) is 10.0 Å². The number of nitrogens with zero attached hydrogens (tertiary/aromatic N) is 2. The average Bonchev–Trinajstić information content (AvgIpc) is 3.14. The molecule has 0 atom stereocenters. The van der Waals surface area contributed by atoms with Gasteiger partial charge in [0.15, 0.2) is 0 Å². The van der Waals surface area contributed by atoms with E-state index in [2.05, 4.69) is 0 Å². The molecular formula is C16H20N2O3S2. The molecule has 2 heterocycles. The molecule has 2 aromatic rings. The number of hydrogen-bond donors (Lipinski definition) is 0. The van der Waals surface area contributed by atoms with Crippen LogP contribution >= 0.6 is 11.3 Å². The zero-order valence-electron chi connectivity index (χ0n) is 13.3. The molecule has 0 aliphatic carbocycles. The van der Waals surface area contributed by atoms with Crippen LogP contribution in [-0.4, -0.2) is 45.1 Å². The van der Waals surface area contributed by atoms with Crippen molar-refractivity contribution in [3.63, 3.8) is 0 Å². The summed E-state index contributed by atoms with van der Waals surface area (Å²) in [5.74, 6) is 0.0840. The zero-order valence-corrected chi connectivity index (χ0v) is 14.9. The fourth-order valence-electron chi connectivity index (χ4n) is 2.98. The van der Waals surface area contributed by atoms with E-state index in [0.717, 1.165) is 40.9 Å². The predicted molar refractivity (Wildman–Crippen MR) is 94.8 cm³/mol. The first-order valence-corrected chi connectivity index (χ1v) is 10.4. The van der Waals surface area contributed by atoms with Crippen LogP contribution < -0.4 is 4.31 Å². The normalized spacial score (nSPS) is 15.3. The highest BCUT2D eigenvalue weighted by Gasteiger charge is 2.22. The number of amides is 1. The number of hydrogen-bond acceptors (Lipinski definition) is 4. The number of fused-ring (bicyclic) bond motifs is 1. The quantitative estimate of drug-likeness (QED) is 0.850. The molecule has 0 unspecified atom stereocenters. The molecule has 0 N–H and O–H groups in total. The highest BCUT2D eigenvalue weighted by Crippen LogP contribution is 2.31. The minimum atomic E-state index is -3.30. The molecule has 1 amide bonds. The molecule has 7 heteroatoms. The van der Waals surface area contributed by atoms with Crippen molar-refractivity contribution >= 4 is 43.0 Å². The summed E-state index contributed by atoms with van der Waals surface area (Å²) >= 11 is 1.47. The number of anilines is 1. The molecule has 1 saturated heterocycles. The summed E-state index contributed by atoms with van der Waals surface area (Å²) < 4.78 is 26.1. The highest BCUT2D eigenvalue weighted by molar-refractivity contribution is 7.92. The fraction of sp³-hybridized carbons (Fsp3) is 0.438. The number of rotatable bonds is 4. The van der Waals surface area contributed by atoms with E-state index in [9.17, 15) is 13.2 Å². The maximum atomic E-state index is 12.5. The standard InChI is InChI=1S/C16H20N2O3S2/c1-3-18(23(2,20)21)13-6-7-14-12(10-13)11-15(22-14)16(19)17-8-4-5-9-17/h6-7,10-11H,3-5,8-9H2,1-2H3. The van der Waals surface area contributed by atoms with Gasteiger partial charge < -0.3 is 4.90 Å². The first kappa shape index (κ1) is 16.3. The van der Waals surface area contributed by atoms with E-state index in [1.54, 1.807) is 13.0 Å². The molecule has 124 valence electrons. The van der Waals surface area contributed by atoms with Gasteiger partial charge in [-0.1, -0.05) is 0 Å². The Hall–Kier alpha value is -1.60. The number of thiophene rings is 1. The van der Waals surface area contributed by atoms with E-state index in [1.807, 2.05) is 23.1 Å². The second-order valence-corrected chi connectivity index (χ2v) is 8.75. The SMILES string of the molecule is CCN(c1ccc2sc(C(=O)N3CCCC3)cc2c1)S(C)(=O)=O. The summed E-state index contributed by atoms with van der Waals surface area (Å²) in [5.41, 5.74) is 0.639. The van der Waals surface area contributed by atoms with Gasteiger partial charge in [-0.2, -0.15) is 0 Å². The smallest absolute Gasteiger partial charge is 0.263 e. The van der Waals surface area contributed by atoms with Crippen LogP contribution in [0.15, 0.2) is 24.3 Å². The summed E-state index contributed by atoms with van der Waals surface area (Å²) in [6.45, 7) is 3.85. The second kappa shape index (κ2) is 6.13. The first-order chi connectivity index (χ1) is 10.9. The first-order valence-electron chi connectivity index (χ1n) is 7.70. The van der Waals surface area contributed by atoms with E-state index in [4.69, 9.17) is 0 Å². The molecule has 0 saturated carbocycles. The van der Waals surface area contributed by atoms with E-state index in [1.165, 1.54) is 21.9 Å². The Morgan fingerprint density at radius 3 is 2.57 bits per heavy atom. The Kier molecular flexibility index (Phi) is 4.33. The number of sulfonamides is 1. The van der Waals surface area contributed by atoms with E-state index >= 15 is 0 Å². The molecule has 1 aromatic heterocycles. The third-order valence-electron chi connectivity index (χ3n) is 4.08. The Morgan fingerprint density at radius 2 is 1.96 bits per heavy atom. The third-order valence-corrected chi connectivity index (χ3v) is 6.45. The van der Waals surface area contributed by atoms with Crippen LogP contribution in [0.2, 0.25) is 0 Å². The fourth-order valence-corrected chi connectivity index (χ4v) is 4.95. The zero-order chi connectivity index (χ0) is 16.6. The van der Waals surface area contributed by atoms with Crippen LogP contribution in [0, 0.1) is 0 Å². The largest absolute Gasteiger partial charge is 0.338 e. The molecule has 1 aliphatic heterocycles. The van der Waals surface area contributed by atoms with Crippen molar-refractivity contribution in [3.8, 4) is 0 Å². The van der Waals surface area contributed by atoms with E-state index in [-0.39, 0.29) is 5.91 Å². The minimum Gasteiger partial charge on any atom is -0.338 e. The lowest BCUT2D eigenvalue weighted by atomic mass is 10.2. The van der Waals surface area contributed by atoms with Gasteiger partial charge in [0.1, 0.15) is 0 Å². The van der Waals surface area contributed by atoms with Gasteiger partial charge in [-0.3, -0.25) is 9.10 Å². The van der Waals surface area contributed by atoms with E-state index in [0.29, 0.717) is 12.2 Å². The Labute approximate surface area is 140 Å². The Balaban J connectivity index is 1.96. The van der Waals surface area contributed by atoms with Crippen LogP contribution in [0.5, 0.6) is 0 Å². The van der Waals surface area contributed by atoms with Crippen molar-refractivity contribution in [2.75, 3.05) is 30.2 Å². The summed E-state index contributed by atoms with van der Waals surface area (Å²) in [6.07, 6.45) is 3.35. The van der Waals surface area contributed by atoms with E-state index < -0.39 is 10.0 Å². The van der Waals surface area contributed by atoms with Crippen molar-refractivity contribution in [2.45, 2.75) is 19.8 Å². The highest BCUT2D eigenvalue weighted by atomic mass is 32.2. The van der Waals surface area contributed by atoms with Crippen molar-refractivity contribution in [3.05, 3.63) is 29.1 Å². The van der Waals surface area contributed by atoms with Crippen LogP contribution in [0.25, 0.3) is 10.1 Å². The molecule has 0 radical (unpaired) electrons. The topological polar surface area (TPSA) is 57.7 Å². The Bertz CT molecular complexity index is 836. The van der Waals surface area contributed by atoms with Crippen molar-refractivity contribution in [2.24, 2.45) is 0 Å². The summed E-state index contributed by atoms with van der Waals surface area (Å²) in [5, 5.41) is 0.914. The lowest BCUT2D eigenvalue weighted by Gasteiger charge is -2.20. The molecular weight excluding hydrogens is 332 g/mol. The van der Waals surface area contributed by atoms with Gasteiger partial charge in [0.05, 0.1) is 16.8 Å². The van der Waals surface area contributed by atoms with Crippen molar-refractivity contribution < 1.29 is 13.2 Å². The van der Waals surface area contributed by atoms with Crippen LogP contribution in [0.1, 0.15) is 29.4 Å². The maximum absolute atomic E-state index is 12.5. The number of benzene rings is 1. The summed E-state index contributed by atoms with van der Waals surface area (Å²) in [6, 6.07) is 7.41. The third kappa shape index (κ3) is 3.21. The van der Waals surface area contributed by atoms with Crippen molar-refractivity contribution in [1.29, 1.82) is 0 Å². The molecule has 0 bridgehead atoms. The van der Waals surface area contributed by atoms with Crippen LogP contribution in [-0.2, 0) is 10.0 Å². The molecule has 1 aromatic carbocycles. The number of carbonyl (C=O) groups excluding carboxylic acids is 1. The van der Waals surface area contributed by atoms with Gasteiger partial charge in [-0.15, -0.1) is 11.3 Å². The average molecular weight is 352 g/mol. The Morgan fingerprint density at radius 1 is 1.26 bits per heavy atom. The van der Waals surface area contributed by atoms with Crippen molar-refractivity contribution in [1.82, 2.24) is 4.90 Å². The second-order valence-electron chi connectivity index (χ2n) is 5.76. The monoisotopic (exact) mass is 352 g/mol. The lowest BCUT2D eigenvalue weighted by Crippen LogP contribution is -2.29. The van der Waals surface area contributed by atoms with Gasteiger partial charge >= 0.3 is 0 Å². The lowest BCUT2D eigenvalue weighted by molar-refractivity contribution is 0.0797. The van der Waals surface area contributed by atoms with Gasteiger partial charge in [0, 0.05) is 24.3 Å². The molecule has 3 rings (SSSR count). The minimum absolute atomic E-state index is 0.0840. The predicted octanol–water partition coefficient (Wildman–Crippen LogP) is 2.92. The van der Waals surface area contributed by atoms with Crippen LogP contribution in [0.4, 0.5) is 5.69 Å². The van der Waals surface area contributed by atoms with Crippen LogP contribution in [0.3, 0.4) is 0 Å². The van der Waals surface area contributed by atoms with Gasteiger partial charge in [-0.05, 0) is 49.4 Å².